The van der Waals surface area contributed by atoms with Crippen molar-refractivity contribution < 1.29 is 9.47 Å². The van der Waals surface area contributed by atoms with E-state index >= 15 is 0 Å². The van der Waals surface area contributed by atoms with Gasteiger partial charge in [-0.05, 0) is 29.7 Å². The topological polar surface area (TPSA) is 46.1 Å². The summed E-state index contributed by atoms with van der Waals surface area (Å²) in [6, 6.07) is 16.7. The molecule has 1 heterocycles. The molecule has 1 saturated heterocycles. The predicted octanol–water partition coefficient (Wildman–Crippen LogP) is 3.89. The zero-order chi connectivity index (χ0) is 18.4. The van der Waals surface area contributed by atoms with Crippen molar-refractivity contribution in [2.24, 2.45) is 4.99 Å². The lowest BCUT2D eigenvalue weighted by Crippen LogP contribution is -2.39. The fourth-order valence-corrected chi connectivity index (χ4v) is 3.45. The van der Waals surface area contributed by atoms with Gasteiger partial charge in [0.25, 0.3) is 0 Å². The second-order valence-corrected chi connectivity index (χ2v) is 6.43. The molecule has 0 bridgehead atoms. The minimum Gasteiger partial charge on any atom is -0.493 e. The molecule has 1 atom stereocenters. The van der Waals surface area contributed by atoms with Crippen molar-refractivity contribution in [1.29, 1.82) is 0 Å². The van der Waals surface area contributed by atoms with E-state index in [1.165, 1.54) is 5.56 Å². The molecule has 0 saturated carbocycles. The number of benzene rings is 2. The van der Waals surface area contributed by atoms with Crippen LogP contribution in [0.25, 0.3) is 0 Å². The van der Waals surface area contributed by atoms with Crippen molar-refractivity contribution in [3.05, 3.63) is 59.7 Å². The molecule has 1 aliphatic heterocycles. The second kappa shape index (κ2) is 10.4. The third-order valence-corrected chi connectivity index (χ3v) is 4.87. The van der Waals surface area contributed by atoms with E-state index < -0.39 is 0 Å². The molecular formula is C21H28IN3O2. The Morgan fingerprint density at radius 3 is 2.52 bits per heavy atom. The number of halogens is 1. The Morgan fingerprint density at radius 1 is 1.11 bits per heavy atom. The average Bonchev–Trinajstić information content (AvgIpc) is 3.19. The van der Waals surface area contributed by atoms with Gasteiger partial charge in [-0.15, -0.1) is 24.0 Å². The lowest BCUT2D eigenvalue weighted by atomic mass is 9.99. The van der Waals surface area contributed by atoms with E-state index in [4.69, 9.17) is 9.47 Å². The first-order chi connectivity index (χ1) is 12.7. The van der Waals surface area contributed by atoms with E-state index in [2.05, 4.69) is 45.5 Å². The van der Waals surface area contributed by atoms with E-state index in [-0.39, 0.29) is 24.0 Å². The molecule has 146 valence electrons. The van der Waals surface area contributed by atoms with Gasteiger partial charge in [0.15, 0.2) is 17.5 Å². The number of hydrogen-bond donors (Lipinski definition) is 1. The fraction of sp³-hybridized carbons (Fsp3) is 0.381. The monoisotopic (exact) mass is 481 g/mol. The largest absolute Gasteiger partial charge is 0.493 e. The Hall–Kier alpha value is -1.96. The SMILES string of the molecule is CN=C(NCc1ccc(OC)c(OC)c1)N1CCC(c2ccccc2)C1.I. The molecule has 1 N–H and O–H groups in total. The number of nitrogens with zero attached hydrogens (tertiary/aromatic N) is 2. The molecule has 0 amide bonds. The first-order valence-electron chi connectivity index (χ1n) is 8.96. The van der Waals surface area contributed by atoms with Crippen LogP contribution in [0.15, 0.2) is 53.5 Å². The number of ether oxygens (including phenoxy) is 2. The molecule has 0 spiro atoms. The second-order valence-electron chi connectivity index (χ2n) is 6.43. The molecule has 3 rings (SSSR count). The van der Waals surface area contributed by atoms with Crippen LogP contribution in [-0.2, 0) is 6.54 Å². The van der Waals surface area contributed by atoms with Crippen LogP contribution in [0.3, 0.4) is 0 Å². The van der Waals surface area contributed by atoms with Crippen LogP contribution in [0.4, 0.5) is 0 Å². The maximum atomic E-state index is 5.38. The number of guanidine groups is 1. The number of hydrogen-bond acceptors (Lipinski definition) is 3. The van der Waals surface area contributed by atoms with Crippen molar-refractivity contribution in [2.45, 2.75) is 18.9 Å². The Labute approximate surface area is 178 Å². The molecule has 6 heteroatoms. The summed E-state index contributed by atoms with van der Waals surface area (Å²) in [7, 11) is 5.14. The first kappa shape index (κ1) is 21.3. The number of rotatable bonds is 5. The highest BCUT2D eigenvalue weighted by Crippen LogP contribution is 2.28. The third kappa shape index (κ3) is 5.28. The zero-order valence-corrected chi connectivity index (χ0v) is 18.5. The third-order valence-electron chi connectivity index (χ3n) is 4.87. The van der Waals surface area contributed by atoms with Gasteiger partial charge in [0, 0.05) is 32.6 Å². The van der Waals surface area contributed by atoms with Gasteiger partial charge in [-0.1, -0.05) is 36.4 Å². The summed E-state index contributed by atoms with van der Waals surface area (Å²) in [4.78, 5) is 6.80. The first-order valence-corrected chi connectivity index (χ1v) is 8.96. The summed E-state index contributed by atoms with van der Waals surface area (Å²) in [5, 5.41) is 3.47. The van der Waals surface area contributed by atoms with Crippen molar-refractivity contribution in [3.63, 3.8) is 0 Å². The lowest BCUT2D eigenvalue weighted by molar-refractivity contribution is 0.354. The van der Waals surface area contributed by atoms with E-state index in [1.807, 2.05) is 25.2 Å². The summed E-state index contributed by atoms with van der Waals surface area (Å²) in [6.07, 6.45) is 1.15. The Morgan fingerprint density at radius 2 is 1.85 bits per heavy atom. The Balaban J connectivity index is 0.00000261. The predicted molar refractivity (Wildman–Crippen MR) is 121 cm³/mol. The molecule has 0 aliphatic carbocycles. The molecule has 1 aliphatic rings. The molecule has 1 fully saturated rings. The molecule has 0 radical (unpaired) electrons. The summed E-state index contributed by atoms with van der Waals surface area (Å²) >= 11 is 0. The summed E-state index contributed by atoms with van der Waals surface area (Å²) < 4.78 is 10.7. The van der Waals surface area contributed by atoms with E-state index in [1.54, 1.807) is 14.2 Å². The number of nitrogens with one attached hydrogen (secondary N) is 1. The maximum absolute atomic E-state index is 5.38. The molecule has 1 unspecified atom stereocenters. The standard InChI is InChI=1S/C21H27N3O2.HI/c1-22-21(23-14-16-9-10-19(25-2)20(13-16)26-3)24-12-11-18(15-24)17-7-5-4-6-8-17;/h4-10,13,18H,11-12,14-15H2,1-3H3,(H,22,23);1H. The van der Waals surface area contributed by atoms with Crippen LogP contribution >= 0.6 is 24.0 Å². The van der Waals surface area contributed by atoms with Crippen molar-refractivity contribution in [3.8, 4) is 11.5 Å². The minimum atomic E-state index is 0. The van der Waals surface area contributed by atoms with Crippen LogP contribution in [0, 0.1) is 0 Å². The molecule has 2 aromatic carbocycles. The van der Waals surface area contributed by atoms with Crippen molar-refractivity contribution >= 4 is 29.9 Å². The molecule has 27 heavy (non-hydrogen) atoms. The van der Waals surface area contributed by atoms with Gasteiger partial charge < -0.3 is 19.7 Å². The fourth-order valence-electron chi connectivity index (χ4n) is 3.45. The molecular weight excluding hydrogens is 453 g/mol. The maximum Gasteiger partial charge on any atom is 0.193 e. The smallest absolute Gasteiger partial charge is 0.193 e. The molecule has 5 nitrogen and oxygen atoms in total. The van der Waals surface area contributed by atoms with Gasteiger partial charge in [-0.2, -0.15) is 0 Å². The quantitative estimate of drug-likeness (QED) is 0.400. The highest BCUT2D eigenvalue weighted by atomic mass is 127. The van der Waals surface area contributed by atoms with Gasteiger partial charge in [0.1, 0.15) is 0 Å². The highest BCUT2D eigenvalue weighted by Gasteiger charge is 2.25. The van der Waals surface area contributed by atoms with Gasteiger partial charge >= 0.3 is 0 Å². The van der Waals surface area contributed by atoms with Crippen molar-refractivity contribution in [1.82, 2.24) is 10.2 Å². The highest BCUT2D eigenvalue weighted by molar-refractivity contribution is 14.0. The van der Waals surface area contributed by atoms with Crippen LogP contribution < -0.4 is 14.8 Å². The Kier molecular flexibility index (Phi) is 8.22. The van der Waals surface area contributed by atoms with Gasteiger partial charge in [0.2, 0.25) is 0 Å². The normalized spacial score (nSPS) is 16.6. The lowest BCUT2D eigenvalue weighted by Gasteiger charge is -2.22. The summed E-state index contributed by atoms with van der Waals surface area (Å²) in [5.74, 6) is 2.99. The van der Waals surface area contributed by atoms with Crippen LogP contribution in [0.2, 0.25) is 0 Å². The summed E-state index contributed by atoms with van der Waals surface area (Å²) in [5.41, 5.74) is 2.54. The van der Waals surface area contributed by atoms with Crippen LogP contribution in [0.1, 0.15) is 23.5 Å². The number of aliphatic imine (C=N–C) groups is 1. The van der Waals surface area contributed by atoms with Crippen molar-refractivity contribution in [2.75, 3.05) is 34.4 Å². The summed E-state index contributed by atoms with van der Waals surface area (Å²) in [6.45, 7) is 2.71. The minimum absolute atomic E-state index is 0. The van der Waals surface area contributed by atoms with E-state index in [0.29, 0.717) is 12.5 Å². The average molecular weight is 481 g/mol. The van der Waals surface area contributed by atoms with Gasteiger partial charge in [-0.25, -0.2) is 0 Å². The van der Waals surface area contributed by atoms with Gasteiger partial charge in [0.05, 0.1) is 14.2 Å². The van der Waals surface area contributed by atoms with E-state index in [9.17, 15) is 0 Å². The zero-order valence-electron chi connectivity index (χ0n) is 16.1. The molecule has 2 aromatic rings. The van der Waals surface area contributed by atoms with Crippen LogP contribution in [-0.4, -0.2) is 45.2 Å². The van der Waals surface area contributed by atoms with Crippen LogP contribution in [0.5, 0.6) is 11.5 Å². The van der Waals surface area contributed by atoms with E-state index in [0.717, 1.165) is 42.5 Å². The number of likely N-dealkylation sites (tertiary alicyclic amines) is 1. The van der Waals surface area contributed by atoms with Gasteiger partial charge in [-0.3, -0.25) is 4.99 Å². The molecule has 0 aromatic heterocycles. The Bertz CT molecular complexity index is 752. The number of methoxy groups -OCH3 is 2.